The Labute approximate surface area is 154 Å². The van der Waals surface area contributed by atoms with Gasteiger partial charge in [0.05, 0.1) is 5.71 Å². The van der Waals surface area contributed by atoms with Gasteiger partial charge >= 0.3 is 0 Å². The van der Waals surface area contributed by atoms with Gasteiger partial charge in [-0.3, -0.25) is 4.99 Å². The molecule has 3 rings (SSSR count). The lowest BCUT2D eigenvalue weighted by Crippen LogP contribution is -1.93. The molecule has 2 aromatic carbocycles. The summed E-state index contributed by atoms with van der Waals surface area (Å²) in [5, 5.41) is 0. The van der Waals surface area contributed by atoms with Crippen LogP contribution in [-0.4, -0.2) is 5.71 Å². The van der Waals surface area contributed by atoms with E-state index in [1.54, 1.807) is 0 Å². The zero-order chi connectivity index (χ0) is 17.8. The second-order valence-electron chi connectivity index (χ2n) is 5.95. The van der Waals surface area contributed by atoms with Crippen LogP contribution in [0.2, 0.25) is 0 Å². The average Bonchev–Trinajstić information content (AvgIpc) is 3.12. The summed E-state index contributed by atoms with van der Waals surface area (Å²) in [7, 11) is 0. The Morgan fingerprint density at radius 3 is 2.24 bits per heavy atom. The van der Waals surface area contributed by atoms with Crippen LogP contribution in [0.4, 0.5) is 0 Å². The number of hydrogen-bond acceptors (Lipinski definition) is 3. The van der Waals surface area contributed by atoms with Crippen LogP contribution in [0.15, 0.2) is 86.7 Å². The zero-order valence-corrected chi connectivity index (χ0v) is 15.5. The molecule has 0 bridgehead atoms. The number of thiol groups is 1. The Balaban J connectivity index is 1.90. The van der Waals surface area contributed by atoms with E-state index >= 15 is 0 Å². The fourth-order valence-electron chi connectivity index (χ4n) is 2.65. The first-order chi connectivity index (χ1) is 12.1. The summed E-state index contributed by atoms with van der Waals surface area (Å²) in [4.78, 5) is 5.63. The molecule has 126 valence electrons. The van der Waals surface area contributed by atoms with Crippen molar-refractivity contribution in [2.75, 3.05) is 0 Å². The second-order valence-corrected chi connectivity index (χ2v) is 6.44. The molecule has 1 aromatic heterocycles. The number of furan rings is 1. The highest BCUT2D eigenvalue weighted by molar-refractivity contribution is 7.80. The predicted octanol–water partition coefficient (Wildman–Crippen LogP) is 6.50. The molecule has 3 aromatic rings. The Bertz CT molecular complexity index is 935. The van der Waals surface area contributed by atoms with Crippen LogP contribution in [0.3, 0.4) is 0 Å². The van der Waals surface area contributed by atoms with Crippen molar-refractivity contribution in [2.24, 2.45) is 4.99 Å². The quantitative estimate of drug-likeness (QED) is 0.423. The number of aliphatic imine (C=N–C) groups is 1. The van der Waals surface area contributed by atoms with Gasteiger partial charge < -0.3 is 4.42 Å². The molecule has 25 heavy (non-hydrogen) atoms. The molecule has 0 spiro atoms. The van der Waals surface area contributed by atoms with Crippen molar-refractivity contribution < 1.29 is 4.42 Å². The van der Waals surface area contributed by atoms with Crippen LogP contribution in [-0.2, 0) is 0 Å². The normalized spacial score (nSPS) is 12.9. The van der Waals surface area contributed by atoms with Gasteiger partial charge in [0.15, 0.2) is 0 Å². The Kier molecular flexibility index (Phi) is 5.25. The fourth-order valence-corrected chi connectivity index (χ4v) is 2.92. The van der Waals surface area contributed by atoms with E-state index in [-0.39, 0.29) is 0 Å². The molecule has 0 fully saturated rings. The molecule has 1 heterocycles. The Morgan fingerprint density at radius 1 is 0.840 bits per heavy atom. The van der Waals surface area contributed by atoms with Gasteiger partial charge in [-0.25, -0.2) is 0 Å². The lowest BCUT2D eigenvalue weighted by Gasteiger charge is -2.05. The van der Waals surface area contributed by atoms with Gasteiger partial charge in [0.25, 0.3) is 0 Å². The lowest BCUT2D eigenvalue weighted by molar-refractivity contribution is 0.570. The number of benzene rings is 2. The molecule has 0 unspecified atom stereocenters. The molecule has 0 saturated carbocycles. The highest BCUT2D eigenvalue weighted by Crippen LogP contribution is 2.28. The standard InChI is InChI=1S/C22H21NOS/c1-15(18-9-5-4-6-10-18)16(2)23-17(3)20-13-14-21(24-20)19-11-7-8-12-22(19)25/h4-14,25H,1-3H3/b16-15+,23-17+. The van der Waals surface area contributed by atoms with Crippen molar-refractivity contribution in [2.45, 2.75) is 25.7 Å². The van der Waals surface area contributed by atoms with Crippen LogP contribution in [0.25, 0.3) is 16.9 Å². The van der Waals surface area contributed by atoms with E-state index in [2.05, 4.69) is 31.7 Å². The summed E-state index contributed by atoms with van der Waals surface area (Å²) in [6.45, 7) is 6.09. The van der Waals surface area contributed by atoms with E-state index in [4.69, 9.17) is 9.41 Å². The molecule has 0 saturated heterocycles. The van der Waals surface area contributed by atoms with Crippen molar-refractivity contribution >= 4 is 23.9 Å². The molecule has 0 N–H and O–H groups in total. The largest absolute Gasteiger partial charge is 0.455 e. The summed E-state index contributed by atoms with van der Waals surface area (Å²) in [5.74, 6) is 1.57. The smallest absolute Gasteiger partial charge is 0.148 e. The maximum Gasteiger partial charge on any atom is 0.148 e. The SMILES string of the molecule is C/C(=N\C(C)=C(/C)c1ccccc1)c1ccc(-c2ccccc2S)o1. The fraction of sp³-hybridized carbons (Fsp3) is 0.136. The van der Waals surface area contributed by atoms with Crippen molar-refractivity contribution in [1.29, 1.82) is 0 Å². The van der Waals surface area contributed by atoms with E-state index in [9.17, 15) is 0 Å². The third-order valence-corrected chi connectivity index (χ3v) is 4.61. The summed E-state index contributed by atoms with van der Waals surface area (Å²) < 4.78 is 6.00. The molecule has 0 atom stereocenters. The molecule has 0 amide bonds. The summed E-state index contributed by atoms with van der Waals surface area (Å²) in [6, 6.07) is 22.1. The number of rotatable bonds is 4. The summed E-state index contributed by atoms with van der Waals surface area (Å²) in [6.07, 6.45) is 0. The van der Waals surface area contributed by atoms with E-state index in [0.29, 0.717) is 0 Å². The zero-order valence-electron chi connectivity index (χ0n) is 14.7. The van der Waals surface area contributed by atoms with Gasteiger partial charge in [-0.2, -0.15) is 0 Å². The predicted molar refractivity (Wildman–Crippen MR) is 108 cm³/mol. The minimum absolute atomic E-state index is 0.770. The highest BCUT2D eigenvalue weighted by Gasteiger charge is 2.10. The molecule has 0 aliphatic heterocycles. The van der Waals surface area contributed by atoms with Gasteiger partial charge in [-0.1, -0.05) is 48.5 Å². The van der Waals surface area contributed by atoms with E-state index in [1.807, 2.05) is 68.4 Å². The molecule has 0 radical (unpaired) electrons. The van der Waals surface area contributed by atoms with E-state index in [1.165, 1.54) is 5.56 Å². The molecule has 2 nitrogen and oxygen atoms in total. The topological polar surface area (TPSA) is 25.5 Å². The Hall–Kier alpha value is -2.52. The van der Waals surface area contributed by atoms with Gasteiger partial charge in [0.1, 0.15) is 11.5 Å². The summed E-state index contributed by atoms with van der Waals surface area (Å²) in [5.41, 5.74) is 5.16. The van der Waals surface area contributed by atoms with Gasteiger partial charge in [0.2, 0.25) is 0 Å². The van der Waals surface area contributed by atoms with Gasteiger partial charge in [-0.05, 0) is 50.1 Å². The third-order valence-electron chi connectivity index (χ3n) is 4.22. The first-order valence-corrected chi connectivity index (χ1v) is 8.67. The van der Waals surface area contributed by atoms with Crippen LogP contribution in [0.5, 0.6) is 0 Å². The average molecular weight is 347 g/mol. The number of hydrogen-bond donors (Lipinski definition) is 1. The first kappa shape index (κ1) is 17.3. The first-order valence-electron chi connectivity index (χ1n) is 8.23. The highest BCUT2D eigenvalue weighted by atomic mass is 32.1. The van der Waals surface area contributed by atoms with Crippen LogP contribution in [0, 0.1) is 0 Å². The van der Waals surface area contributed by atoms with Crippen LogP contribution in [0.1, 0.15) is 32.1 Å². The van der Waals surface area contributed by atoms with Gasteiger partial charge in [-0.15, -0.1) is 12.6 Å². The maximum absolute atomic E-state index is 6.00. The molecular weight excluding hydrogens is 326 g/mol. The number of nitrogens with zero attached hydrogens (tertiary/aromatic N) is 1. The molecular formula is C22H21NOS. The maximum atomic E-state index is 6.00. The summed E-state index contributed by atoms with van der Waals surface area (Å²) >= 11 is 4.50. The van der Waals surface area contributed by atoms with Crippen molar-refractivity contribution in [3.63, 3.8) is 0 Å². The second kappa shape index (κ2) is 7.58. The Morgan fingerprint density at radius 2 is 1.52 bits per heavy atom. The van der Waals surface area contributed by atoms with E-state index in [0.717, 1.165) is 39.0 Å². The van der Waals surface area contributed by atoms with Crippen molar-refractivity contribution in [1.82, 2.24) is 0 Å². The van der Waals surface area contributed by atoms with Crippen molar-refractivity contribution in [3.8, 4) is 11.3 Å². The lowest BCUT2D eigenvalue weighted by atomic mass is 10.1. The van der Waals surface area contributed by atoms with Crippen molar-refractivity contribution in [3.05, 3.63) is 83.8 Å². The van der Waals surface area contributed by atoms with Crippen LogP contribution < -0.4 is 0 Å². The van der Waals surface area contributed by atoms with Crippen LogP contribution >= 0.6 is 12.6 Å². The molecule has 3 heteroatoms. The molecule has 0 aliphatic rings. The molecule has 0 aliphatic carbocycles. The minimum atomic E-state index is 0.770. The third kappa shape index (κ3) is 3.94. The minimum Gasteiger partial charge on any atom is -0.455 e. The van der Waals surface area contributed by atoms with E-state index < -0.39 is 0 Å². The number of allylic oxidation sites excluding steroid dienone is 2. The monoisotopic (exact) mass is 347 g/mol. The van der Waals surface area contributed by atoms with Gasteiger partial charge in [0, 0.05) is 16.2 Å².